The van der Waals surface area contributed by atoms with E-state index in [0.717, 1.165) is 12.5 Å². The second-order valence-electron chi connectivity index (χ2n) is 4.50. The first-order valence-corrected chi connectivity index (χ1v) is 9.56. The molecule has 1 heterocycles. The van der Waals surface area contributed by atoms with Crippen molar-refractivity contribution in [3.63, 3.8) is 0 Å². The standard InChI is InChI=1S/C12H15NO6S2/c1-18-12-7-9-5-4-6-19-11(9)8-10(12)13(20(2,14)15)21(3,16)17/h4-5,7-8H,6H2,1-3H3. The van der Waals surface area contributed by atoms with Crippen molar-refractivity contribution in [3.05, 3.63) is 23.8 Å². The first-order chi connectivity index (χ1) is 9.64. The molecule has 2 rings (SSSR count). The quantitative estimate of drug-likeness (QED) is 0.810. The van der Waals surface area contributed by atoms with Crippen LogP contribution < -0.4 is 13.2 Å². The molecule has 0 N–H and O–H groups in total. The number of benzene rings is 1. The number of methoxy groups -OCH3 is 1. The van der Waals surface area contributed by atoms with E-state index in [1.54, 1.807) is 12.2 Å². The Morgan fingerprint density at radius 3 is 2.29 bits per heavy atom. The summed E-state index contributed by atoms with van der Waals surface area (Å²) in [6, 6.07) is 2.88. The fraction of sp³-hybridized carbons (Fsp3) is 0.333. The predicted molar refractivity (Wildman–Crippen MR) is 79.7 cm³/mol. The maximum absolute atomic E-state index is 11.9. The average molecular weight is 333 g/mol. The third-order valence-electron chi connectivity index (χ3n) is 2.74. The zero-order chi connectivity index (χ0) is 15.8. The predicted octanol–water partition coefficient (Wildman–Crippen LogP) is 0.826. The molecule has 0 fully saturated rings. The molecule has 0 saturated carbocycles. The van der Waals surface area contributed by atoms with Crippen LogP contribution in [0, 0.1) is 0 Å². The van der Waals surface area contributed by atoms with Crippen molar-refractivity contribution in [2.45, 2.75) is 0 Å². The van der Waals surface area contributed by atoms with Gasteiger partial charge in [-0.1, -0.05) is 6.08 Å². The lowest BCUT2D eigenvalue weighted by molar-refractivity contribution is 0.357. The van der Waals surface area contributed by atoms with E-state index in [1.165, 1.54) is 19.2 Å². The number of rotatable bonds is 4. The largest absolute Gasteiger partial charge is 0.494 e. The van der Waals surface area contributed by atoms with Gasteiger partial charge in [-0.2, -0.15) is 3.71 Å². The summed E-state index contributed by atoms with van der Waals surface area (Å²) in [6.07, 6.45) is 5.20. The summed E-state index contributed by atoms with van der Waals surface area (Å²) in [4.78, 5) is 0. The highest BCUT2D eigenvalue weighted by molar-refractivity contribution is 8.09. The summed E-state index contributed by atoms with van der Waals surface area (Å²) >= 11 is 0. The van der Waals surface area contributed by atoms with Gasteiger partial charge in [-0.25, -0.2) is 16.8 Å². The lowest BCUT2D eigenvalue weighted by atomic mass is 10.1. The summed E-state index contributed by atoms with van der Waals surface area (Å²) in [5.41, 5.74) is 0.584. The minimum Gasteiger partial charge on any atom is -0.494 e. The first-order valence-electron chi connectivity index (χ1n) is 5.86. The molecule has 0 unspecified atom stereocenters. The molecule has 0 spiro atoms. The molecule has 0 amide bonds. The number of anilines is 1. The molecule has 0 aromatic heterocycles. The van der Waals surface area contributed by atoms with E-state index >= 15 is 0 Å². The van der Waals surface area contributed by atoms with Gasteiger partial charge in [-0.05, 0) is 12.1 Å². The summed E-state index contributed by atoms with van der Waals surface area (Å²) in [6.45, 7) is 0.330. The number of hydrogen-bond donors (Lipinski definition) is 0. The van der Waals surface area contributed by atoms with Crippen molar-refractivity contribution < 1.29 is 26.3 Å². The topological polar surface area (TPSA) is 90.0 Å². The number of fused-ring (bicyclic) bond motifs is 1. The molecule has 1 aliphatic heterocycles. The number of sulfonamides is 2. The maximum Gasteiger partial charge on any atom is 0.245 e. The van der Waals surface area contributed by atoms with Crippen LogP contribution in [0.3, 0.4) is 0 Å². The third kappa shape index (κ3) is 3.13. The van der Waals surface area contributed by atoms with Crippen LogP contribution in [0.4, 0.5) is 5.69 Å². The van der Waals surface area contributed by atoms with Gasteiger partial charge in [0.15, 0.2) is 0 Å². The molecule has 116 valence electrons. The summed E-state index contributed by atoms with van der Waals surface area (Å²) < 4.78 is 58.2. The Kier molecular flexibility index (Phi) is 3.89. The van der Waals surface area contributed by atoms with Gasteiger partial charge in [0.25, 0.3) is 0 Å². The van der Waals surface area contributed by atoms with E-state index in [2.05, 4.69) is 0 Å². The van der Waals surface area contributed by atoms with E-state index in [4.69, 9.17) is 9.47 Å². The lowest BCUT2D eigenvalue weighted by Gasteiger charge is -2.24. The molecule has 1 aromatic carbocycles. The van der Waals surface area contributed by atoms with E-state index in [1.807, 2.05) is 0 Å². The zero-order valence-corrected chi connectivity index (χ0v) is 13.4. The van der Waals surface area contributed by atoms with E-state index in [-0.39, 0.29) is 11.4 Å². The van der Waals surface area contributed by atoms with Gasteiger partial charge in [-0.3, -0.25) is 0 Å². The van der Waals surface area contributed by atoms with Crippen molar-refractivity contribution in [2.75, 3.05) is 29.9 Å². The molecular weight excluding hydrogens is 318 g/mol. The molecule has 21 heavy (non-hydrogen) atoms. The van der Waals surface area contributed by atoms with E-state index < -0.39 is 20.0 Å². The smallest absolute Gasteiger partial charge is 0.245 e. The molecule has 7 nitrogen and oxygen atoms in total. The molecule has 0 aliphatic carbocycles. The lowest BCUT2D eigenvalue weighted by Crippen LogP contribution is -2.35. The van der Waals surface area contributed by atoms with Gasteiger partial charge in [-0.15, -0.1) is 0 Å². The van der Waals surface area contributed by atoms with Gasteiger partial charge in [0.1, 0.15) is 23.8 Å². The second-order valence-corrected chi connectivity index (χ2v) is 8.39. The Balaban J connectivity index is 2.74. The van der Waals surface area contributed by atoms with Crippen LogP contribution in [0.15, 0.2) is 18.2 Å². The molecule has 1 aliphatic rings. The molecule has 1 aromatic rings. The number of ether oxygens (including phenoxy) is 2. The summed E-state index contributed by atoms with van der Waals surface area (Å²) in [7, 11) is -6.75. The van der Waals surface area contributed by atoms with Crippen LogP contribution in [0.25, 0.3) is 6.08 Å². The fourth-order valence-electron chi connectivity index (χ4n) is 2.04. The molecular formula is C12H15NO6S2. The monoisotopic (exact) mass is 333 g/mol. The van der Waals surface area contributed by atoms with Crippen LogP contribution in [0.2, 0.25) is 0 Å². The average Bonchev–Trinajstić information content (AvgIpc) is 2.34. The number of nitrogens with zero attached hydrogens (tertiary/aromatic N) is 1. The van der Waals surface area contributed by atoms with Gasteiger partial charge in [0.05, 0.1) is 19.6 Å². The summed E-state index contributed by atoms with van der Waals surface area (Å²) in [5.74, 6) is 0.519. The highest BCUT2D eigenvalue weighted by atomic mass is 32.3. The fourth-order valence-corrected chi connectivity index (χ4v) is 5.01. The highest BCUT2D eigenvalue weighted by Crippen LogP contribution is 2.39. The number of hydrogen-bond acceptors (Lipinski definition) is 6. The van der Waals surface area contributed by atoms with Crippen LogP contribution >= 0.6 is 0 Å². The minimum absolute atomic E-state index is 0.100. The van der Waals surface area contributed by atoms with E-state index in [9.17, 15) is 16.8 Å². The zero-order valence-electron chi connectivity index (χ0n) is 11.7. The third-order valence-corrected chi connectivity index (χ3v) is 5.97. The van der Waals surface area contributed by atoms with Gasteiger partial charge >= 0.3 is 0 Å². The van der Waals surface area contributed by atoms with Crippen LogP contribution in [-0.4, -0.2) is 43.1 Å². The Hall–Kier alpha value is -1.74. The minimum atomic E-state index is -4.04. The molecule has 9 heteroatoms. The Morgan fingerprint density at radius 2 is 1.76 bits per heavy atom. The van der Waals surface area contributed by atoms with E-state index in [0.29, 0.717) is 21.6 Å². The van der Waals surface area contributed by atoms with Crippen molar-refractivity contribution in [3.8, 4) is 11.5 Å². The van der Waals surface area contributed by atoms with Crippen LogP contribution in [-0.2, 0) is 20.0 Å². The second kappa shape index (κ2) is 5.23. The van der Waals surface area contributed by atoms with Gasteiger partial charge in [0.2, 0.25) is 20.0 Å². The maximum atomic E-state index is 11.9. The Labute approximate surface area is 123 Å². The molecule has 0 saturated heterocycles. The first kappa shape index (κ1) is 15.6. The van der Waals surface area contributed by atoms with Crippen molar-refractivity contribution in [1.29, 1.82) is 0 Å². The SMILES string of the molecule is COc1cc2c(cc1N(S(C)(=O)=O)S(C)(=O)=O)OCC=C2. The van der Waals surface area contributed by atoms with Gasteiger partial charge in [0, 0.05) is 11.6 Å². The molecule has 0 bridgehead atoms. The summed E-state index contributed by atoms with van der Waals surface area (Å²) in [5, 5.41) is 0. The van der Waals surface area contributed by atoms with Crippen molar-refractivity contribution in [2.24, 2.45) is 0 Å². The van der Waals surface area contributed by atoms with Crippen molar-refractivity contribution in [1.82, 2.24) is 0 Å². The molecule has 0 radical (unpaired) electrons. The Morgan fingerprint density at radius 1 is 1.14 bits per heavy atom. The Bertz CT molecular complexity index is 763. The van der Waals surface area contributed by atoms with Crippen LogP contribution in [0.1, 0.15) is 5.56 Å². The van der Waals surface area contributed by atoms with Crippen LogP contribution in [0.5, 0.6) is 11.5 Å². The van der Waals surface area contributed by atoms with Gasteiger partial charge < -0.3 is 9.47 Å². The normalized spacial score (nSPS) is 14.2. The molecule has 0 atom stereocenters. The highest BCUT2D eigenvalue weighted by Gasteiger charge is 2.31. The van der Waals surface area contributed by atoms with Crippen molar-refractivity contribution >= 4 is 31.8 Å².